The van der Waals surface area contributed by atoms with Crippen molar-refractivity contribution in [1.29, 1.82) is 0 Å². The second kappa shape index (κ2) is 7.14. The molecule has 0 amide bonds. The van der Waals surface area contributed by atoms with E-state index >= 15 is 0 Å². The van der Waals surface area contributed by atoms with E-state index in [4.69, 9.17) is 0 Å². The topological polar surface area (TPSA) is 38.7 Å². The summed E-state index contributed by atoms with van der Waals surface area (Å²) in [4.78, 5) is 13.9. The van der Waals surface area contributed by atoms with Crippen LogP contribution in [0.4, 0.5) is 4.39 Å². The maximum absolute atomic E-state index is 13.5. The number of hydrogen-bond donors (Lipinski definition) is 0. The minimum atomic E-state index is -0.318. The summed E-state index contributed by atoms with van der Waals surface area (Å²) in [6, 6.07) is 23.9. The van der Waals surface area contributed by atoms with Crippen LogP contribution in [0.15, 0.2) is 83.3 Å². The summed E-state index contributed by atoms with van der Waals surface area (Å²) in [5, 5.41) is 0. The molecule has 0 aliphatic rings. The molecule has 0 radical (unpaired) electrons. The first kappa shape index (κ1) is 16.5. The van der Waals surface area contributed by atoms with Crippen LogP contribution in [0, 0.1) is 5.82 Å². The van der Waals surface area contributed by atoms with Gasteiger partial charge >= 0.3 is 0 Å². The maximum atomic E-state index is 13.5. The number of halogens is 2. The fourth-order valence-electron chi connectivity index (χ4n) is 2.60. The molecule has 0 spiro atoms. The van der Waals surface area contributed by atoms with Gasteiger partial charge in [-0.05, 0) is 34.1 Å². The lowest BCUT2D eigenvalue weighted by Gasteiger charge is -2.09. The second-order valence-corrected chi connectivity index (χ2v) is 6.52. The highest BCUT2D eigenvalue weighted by Gasteiger charge is 2.14. The van der Waals surface area contributed by atoms with E-state index in [0.29, 0.717) is 27.5 Å². The Bertz CT molecular complexity index is 996. The molecule has 0 bridgehead atoms. The number of rotatable bonds is 3. The molecule has 126 valence electrons. The number of nitrogens with zero attached hydrogens (tertiary/aromatic N) is 3. The lowest BCUT2D eigenvalue weighted by molar-refractivity contribution is 0.627. The van der Waals surface area contributed by atoms with E-state index in [0.717, 1.165) is 11.1 Å². The van der Waals surface area contributed by atoms with Gasteiger partial charge in [0.15, 0.2) is 17.5 Å². The summed E-state index contributed by atoms with van der Waals surface area (Å²) in [6.45, 7) is 0. The van der Waals surface area contributed by atoms with Gasteiger partial charge in [-0.1, -0.05) is 60.7 Å². The van der Waals surface area contributed by atoms with Crippen molar-refractivity contribution in [3.8, 4) is 34.2 Å². The number of hydrogen-bond acceptors (Lipinski definition) is 3. The SMILES string of the molecule is Fc1ccc(-c2nc(-c3ccccc3)nc(-c3ccccc3)n2)c(Br)c1. The van der Waals surface area contributed by atoms with E-state index in [9.17, 15) is 4.39 Å². The van der Waals surface area contributed by atoms with Crippen molar-refractivity contribution in [3.63, 3.8) is 0 Å². The molecule has 0 saturated heterocycles. The zero-order chi connectivity index (χ0) is 17.9. The van der Waals surface area contributed by atoms with Crippen LogP contribution < -0.4 is 0 Å². The highest BCUT2D eigenvalue weighted by atomic mass is 79.9. The van der Waals surface area contributed by atoms with Crippen LogP contribution in [-0.4, -0.2) is 15.0 Å². The van der Waals surface area contributed by atoms with Crippen LogP contribution in [0.1, 0.15) is 0 Å². The molecular formula is C21H13BrFN3. The average Bonchev–Trinajstić information content (AvgIpc) is 2.69. The Morgan fingerprint density at radius 1 is 0.615 bits per heavy atom. The van der Waals surface area contributed by atoms with Gasteiger partial charge in [0.05, 0.1) is 0 Å². The van der Waals surface area contributed by atoms with Gasteiger partial charge in [-0.15, -0.1) is 0 Å². The summed E-state index contributed by atoms with van der Waals surface area (Å²) in [5.74, 6) is 1.32. The molecule has 5 heteroatoms. The third-order valence-corrected chi connectivity index (χ3v) is 4.53. The number of aromatic nitrogens is 3. The van der Waals surface area contributed by atoms with Gasteiger partial charge in [0, 0.05) is 21.2 Å². The zero-order valence-corrected chi connectivity index (χ0v) is 15.2. The molecule has 0 saturated carbocycles. The minimum absolute atomic E-state index is 0.318. The molecule has 1 aromatic heterocycles. The molecule has 0 aliphatic carbocycles. The van der Waals surface area contributed by atoms with Crippen LogP contribution >= 0.6 is 15.9 Å². The lowest BCUT2D eigenvalue weighted by Crippen LogP contribution is -2.00. The van der Waals surface area contributed by atoms with Gasteiger partial charge < -0.3 is 0 Å². The van der Waals surface area contributed by atoms with Crippen molar-refractivity contribution in [1.82, 2.24) is 15.0 Å². The first-order chi connectivity index (χ1) is 12.7. The fourth-order valence-corrected chi connectivity index (χ4v) is 3.13. The first-order valence-electron chi connectivity index (χ1n) is 8.03. The Morgan fingerprint density at radius 3 is 1.62 bits per heavy atom. The summed E-state index contributed by atoms with van der Waals surface area (Å²) in [5.41, 5.74) is 2.50. The predicted octanol–water partition coefficient (Wildman–Crippen LogP) is 5.77. The molecular weight excluding hydrogens is 393 g/mol. The molecule has 3 nitrogen and oxygen atoms in total. The quantitative estimate of drug-likeness (QED) is 0.433. The van der Waals surface area contributed by atoms with Crippen molar-refractivity contribution in [2.24, 2.45) is 0 Å². The molecule has 0 N–H and O–H groups in total. The normalized spacial score (nSPS) is 10.7. The largest absolute Gasteiger partial charge is 0.208 e. The highest BCUT2D eigenvalue weighted by Crippen LogP contribution is 2.29. The van der Waals surface area contributed by atoms with Crippen molar-refractivity contribution in [2.75, 3.05) is 0 Å². The molecule has 0 atom stereocenters. The molecule has 4 rings (SSSR count). The Hall–Kier alpha value is -2.92. The molecule has 3 aromatic carbocycles. The van der Waals surface area contributed by atoms with E-state index in [1.807, 2.05) is 60.7 Å². The summed E-state index contributed by atoms with van der Waals surface area (Å²) in [6.07, 6.45) is 0. The van der Waals surface area contributed by atoms with Crippen molar-refractivity contribution < 1.29 is 4.39 Å². The average molecular weight is 406 g/mol. The maximum Gasteiger partial charge on any atom is 0.165 e. The first-order valence-corrected chi connectivity index (χ1v) is 8.82. The number of benzene rings is 3. The third kappa shape index (κ3) is 3.39. The van der Waals surface area contributed by atoms with Gasteiger partial charge in [0.25, 0.3) is 0 Å². The zero-order valence-electron chi connectivity index (χ0n) is 13.6. The molecule has 0 unspecified atom stereocenters. The Morgan fingerprint density at radius 2 is 1.12 bits per heavy atom. The van der Waals surface area contributed by atoms with Crippen LogP contribution in [0.5, 0.6) is 0 Å². The molecule has 26 heavy (non-hydrogen) atoms. The van der Waals surface area contributed by atoms with E-state index in [1.165, 1.54) is 12.1 Å². The van der Waals surface area contributed by atoms with Crippen molar-refractivity contribution in [3.05, 3.63) is 89.2 Å². The van der Waals surface area contributed by atoms with Crippen molar-refractivity contribution in [2.45, 2.75) is 0 Å². The van der Waals surface area contributed by atoms with Gasteiger partial charge in [0.2, 0.25) is 0 Å². The summed E-state index contributed by atoms with van der Waals surface area (Å²) < 4.78 is 14.1. The van der Waals surface area contributed by atoms with Crippen molar-refractivity contribution >= 4 is 15.9 Å². The van der Waals surface area contributed by atoms with E-state index < -0.39 is 0 Å². The van der Waals surface area contributed by atoms with Crippen LogP contribution in [-0.2, 0) is 0 Å². The Balaban J connectivity index is 1.94. The van der Waals surface area contributed by atoms with Gasteiger partial charge in [-0.2, -0.15) is 0 Å². The van der Waals surface area contributed by atoms with Gasteiger partial charge in [-0.25, -0.2) is 19.3 Å². The molecule has 0 fully saturated rings. The second-order valence-electron chi connectivity index (χ2n) is 5.66. The molecule has 4 aromatic rings. The van der Waals surface area contributed by atoms with Crippen LogP contribution in [0.2, 0.25) is 0 Å². The summed E-state index contributed by atoms with van der Waals surface area (Å²) >= 11 is 3.41. The van der Waals surface area contributed by atoms with E-state index in [2.05, 4.69) is 30.9 Å². The molecule has 0 aliphatic heterocycles. The van der Waals surface area contributed by atoms with Gasteiger partial charge in [-0.3, -0.25) is 0 Å². The lowest BCUT2D eigenvalue weighted by atomic mass is 10.1. The third-order valence-electron chi connectivity index (χ3n) is 3.87. The fraction of sp³-hybridized carbons (Fsp3) is 0. The highest BCUT2D eigenvalue weighted by molar-refractivity contribution is 9.10. The standard InChI is InChI=1S/C21H13BrFN3/c22-18-13-16(23)11-12-17(18)21-25-19(14-7-3-1-4-8-14)24-20(26-21)15-9-5-2-6-10-15/h1-13H. The van der Waals surface area contributed by atoms with Gasteiger partial charge in [0.1, 0.15) is 5.82 Å². The van der Waals surface area contributed by atoms with Crippen LogP contribution in [0.25, 0.3) is 34.2 Å². The van der Waals surface area contributed by atoms with E-state index in [-0.39, 0.29) is 5.82 Å². The Labute approximate surface area is 158 Å². The smallest absolute Gasteiger partial charge is 0.165 e. The summed E-state index contributed by atoms with van der Waals surface area (Å²) in [7, 11) is 0. The molecule has 1 heterocycles. The van der Waals surface area contributed by atoms with Crippen LogP contribution in [0.3, 0.4) is 0 Å². The Kier molecular flexibility index (Phi) is 4.54. The van der Waals surface area contributed by atoms with E-state index in [1.54, 1.807) is 6.07 Å². The monoisotopic (exact) mass is 405 g/mol. The predicted molar refractivity (Wildman–Crippen MR) is 104 cm³/mol. The minimum Gasteiger partial charge on any atom is -0.208 e.